The number of rotatable bonds is 6. The molecule has 1 aromatic rings. The van der Waals surface area contributed by atoms with Crippen LogP contribution in [0, 0.1) is 13.8 Å². The molecule has 0 heterocycles. The SMILES string of the molecule is CCCC(Br)CCCc1cc(C)ccc1C. The summed E-state index contributed by atoms with van der Waals surface area (Å²) in [7, 11) is 0. The molecule has 0 saturated carbocycles. The third-order valence-corrected chi connectivity index (χ3v) is 3.99. The topological polar surface area (TPSA) is 0 Å². The van der Waals surface area contributed by atoms with Crippen LogP contribution in [0.5, 0.6) is 0 Å². The Hall–Kier alpha value is -0.300. The lowest BCUT2D eigenvalue weighted by molar-refractivity contribution is 0.654. The molecule has 0 aromatic heterocycles. The maximum absolute atomic E-state index is 3.74. The summed E-state index contributed by atoms with van der Waals surface area (Å²) in [5, 5.41) is 0. The van der Waals surface area contributed by atoms with Crippen LogP contribution in [-0.2, 0) is 6.42 Å². The fourth-order valence-corrected chi connectivity index (χ4v) is 2.82. The van der Waals surface area contributed by atoms with Gasteiger partial charge in [-0.05, 0) is 50.7 Å². The van der Waals surface area contributed by atoms with E-state index < -0.39 is 0 Å². The van der Waals surface area contributed by atoms with Crippen molar-refractivity contribution >= 4 is 15.9 Å². The second kappa shape index (κ2) is 7.11. The molecular formula is C15H23Br. The predicted octanol–water partition coefficient (Wildman–Crippen LogP) is 5.19. The summed E-state index contributed by atoms with van der Waals surface area (Å²) in [4.78, 5) is 0.711. The fourth-order valence-electron chi connectivity index (χ4n) is 2.04. The third kappa shape index (κ3) is 4.69. The molecule has 0 aliphatic rings. The van der Waals surface area contributed by atoms with Gasteiger partial charge in [-0.25, -0.2) is 0 Å². The van der Waals surface area contributed by atoms with Crippen molar-refractivity contribution in [1.29, 1.82) is 0 Å². The highest BCUT2D eigenvalue weighted by molar-refractivity contribution is 9.09. The van der Waals surface area contributed by atoms with E-state index in [4.69, 9.17) is 0 Å². The van der Waals surface area contributed by atoms with Crippen LogP contribution in [0.2, 0.25) is 0 Å². The van der Waals surface area contributed by atoms with Gasteiger partial charge in [0.15, 0.2) is 0 Å². The van der Waals surface area contributed by atoms with E-state index in [9.17, 15) is 0 Å². The number of alkyl halides is 1. The second-order valence-electron chi connectivity index (χ2n) is 4.71. The first-order valence-corrected chi connectivity index (χ1v) is 7.25. The van der Waals surface area contributed by atoms with Crippen molar-refractivity contribution in [1.82, 2.24) is 0 Å². The Morgan fingerprint density at radius 3 is 2.62 bits per heavy atom. The van der Waals surface area contributed by atoms with Gasteiger partial charge in [0.25, 0.3) is 0 Å². The minimum absolute atomic E-state index is 0.711. The van der Waals surface area contributed by atoms with Gasteiger partial charge < -0.3 is 0 Å². The normalized spacial score (nSPS) is 12.8. The number of aryl methyl sites for hydroxylation is 3. The van der Waals surface area contributed by atoms with Gasteiger partial charge in [-0.1, -0.05) is 53.0 Å². The van der Waals surface area contributed by atoms with Crippen LogP contribution in [0.3, 0.4) is 0 Å². The van der Waals surface area contributed by atoms with Gasteiger partial charge in [-0.2, -0.15) is 0 Å². The van der Waals surface area contributed by atoms with E-state index in [1.54, 1.807) is 0 Å². The van der Waals surface area contributed by atoms with Crippen molar-refractivity contribution in [2.45, 2.75) is 57.7 Å². The Labute approximate surface area is 109 Å². The Morgan fingerprint density at radius 2 is 1.94 bits per heavy atom. The van der Waals surface area contributed by atoms with Crippen LogP contribution >= 0.6 is 15.9 Å². The zero-order chi connectivity index (χ0) is 12.0. The van der Waals surface area contributed by atoms with Crippen molar-refractivity contribution < 1.29 is 0 Å². The van der Waals surface area contributed by atoms with E-state index in [0.717, 1.165) is 0 Å². The minimum Gasteiger partial charge on any atom is -0.0891 e. The molecule has 1 unspecified atom stereocenters. The van der Waals surface area contributed by atoms with Gasteiger partial charge in [0.05, 0.1) is 0 Å². The Bertz CT molecular complexity index is 317. The molecule has 0 aliphatic heterocycles. The van der Waals surface area contributed by atoms with E-state index in [1.807, 2.05) is 0 Å². The van der Waals surface area contributed by atoms with Gasteiger partial charge in [-0.15, -0.1) is 0 Å². The lowest BCUT2D eigenvalue weighted by atomic mass is 9.99. The monoisotopic (exact) mass is 282 g/mol. The summed E-state index contributed by atoms with van der Waals surface area (Å²) < 4.78 is 0. The molecule has 0 fully saturated rings. The molecule has 0 spiro atoms. The molecule has 16 heavy (non-hydrogen) atoms. The largest absolute Gasteiger partial charge is 0.0891 e. The number of benzene rings is 1. The molecule has 1 heteroatoms. The quantitative estimate of drug-likeness (QED) is 0.630. The van der Waals surface area contributed by atoms with Crippen molar-refractivity contribution in [3.05, 3.63) is 34.9 Å². The van der Waals surface area contributed by atoms with Crippen molar-refractivity contribution in [3.63, 3.8) is 0 Å². The molecule has 0 saturated heterocycles. The van der Waals surface area contributed by atoms with Gasteiger partial charge in [-0.3, -0.25) is 0 Å². The Morgan fingerprint density at radius 1 is 1.19 bits per heavy atom. The molecule has 0 amide bonds. The van der Waals surface area contributed by atoms with E-state index in [0.29, 0.717) is 4.83 Å². The average molecular weight is 283 g/mol. The first-order valence-electron chi connectivity index (χ1n) is 6.33. The average Bonchev–Trinajstić information content (AvgIpc) is 2.23. The summed E-state index contributed by atoms with van der Waals surface area (Å²) >= 11 is 3.74. The van der Waals surface area contributed by atoms with Gasteiger partial charge in [0.1, 0.15) is 0 Å². The number of halogens is 1. The van der Waals surface area contributed by atoms with Crippen LogP contribution in [-0.4, -0.2) is 4.83 Å². The Kier molecular flexibility index (Phi) is 6.12. The maximum Gasteiger partial charge on any atom is 0.0145 e. The van der Waals surface area contributed by atoms with Crippen LogP contribution in [0.25, 0.3) is 0 Å². The first-order chi connectivity index (χ1) is 7.63. The smallest absolute Gasteiger partial charge is 0.0145 e. The zero-order valence-electron chi connectivity index (χ0n) is 10.7. The lowest BCUT2D eigenvalue weighted by Gasteiger charge is -2.10. The molecule has 0 bridgehead atoms. The highest BCUT2D eigenvalue weighted by atomic mass is 79.9. The zero-order valence-corrected chi connectivity index (χ0v) is 12.3. The maximum atomic E-state index is 3.74. The third-order valence-electron chi connectivity index (χ3n) is 3.07. The molecule has 0 nitrogen and oxygen atoms in total. The lowest BCUT2D eigenvalue weighted by Crippen LogP contribution is -1.99. The van der Waals surface area contributed by atoms with Crippen LogP contribution in [0.15, 0.2) is 18.2 Å². The fraction of sp³-hybridized carbons (Fsp3) is 0.600. The van der Waals surface area contributed by atoms with E-state index in [-0.39, 0.29) is 0 Å². The highest BCUT2D eigenvalue weighted by Crippen LogP contribution is 2.18. The first kappa shape index (κ1) is 13.8. The van der Waals surface area contributed by atoms with Gasteiger partial charge in [0, 0.05) is 4.83 Å². The molecule has 0 aliphatic carbocycles. The van der Waals surface area contributed by atoms with Gasteiger partial charge in [0.2, 0.25) is 0 Å². The molecule has 0 radical (unpaired) electrons. The van der Waals surface area contributed by atoms with Crippen molar-refractivity contribution in [2.75, 3.05) is 0 Å². The van der Waals surface area contributed by atoms with Crippen LogP contribution in [0.4, 0.5) is 0 Å². The number of hydrogen-bond donors (Lipinski definition) is 0. The van der Waals surface area contributed by atoms with E-state index >= 15 is 0 Å². The minimum atomic E-state index is 0.711. The van der Waals surface area contributed by atoms with Crippen molar-refractivity contribution in [2.24, 2.45) is 0 Å². The van der Waals surface area contributed by atoms with Gasteiger partial charge >= 0.3 is 0 Å². The van der Waals surface area contributed by atoms with E-state index in [2.05, 4.69) is 54.9 Å². The van der Waals surface area contributed by atoms with Crippen LogP contribution in [0.1, 0.15) is 49.3 Å². The summed E-state index contributed by atoms with van der Waals surface area (Å²) in [6.07, 6.45) is 6.38. The molecule has 1 rings (SSSR count). The molecular weight excluding hydrogens is 260 g/mol. The number of hydrogen-bond acceptors (Lipinski definition) is 0. The predicted molar refractivity (Wildman–Crippen MR) is 76.5 cm³/mol. The molecule has 1 aromatic carbocycles. The highest BCUT2D eigenvalue weighted by Gasteiger charge is 2.04. The summed E-state index contributed by atoms with van der Waals surface area (Å²) in [5.41, 5.74) is 4.34. The Balaban J connectivity index is 2.39. The summed E-state index contributed by atoms with van der Waals surface area (Å²) in [5.74, 6) is 0. The summed E-state index contributed by atoms with van der Waals surface area (Å²) in [6, 6.07) is 6.77. The molecule has 90 valence electrons. The van der Waals surface area contributed by atoms with Crippen LogP contribution < -0.4 is 0 Å². The van der Waals surface area contributed by atoms with E-state index in [1.165, 1.54) is 48.8 Å². The van der Waals surface area contributed by atoms with Crippen molar-refractivity contribution in [3.8, 4) is 0 Å². The molecule has 0 N–H and O–H groups in total. The summed E-state index contributed by atoms with van der Waals surface area (Å²) in [6.45, 7) is 6.64. The molecule has 1 atom stereocenters. The standard InChI is InChI=1S/C15H23Br/c1-4-6-15(16)8-5-7-14-11-12(2)9-10-13(14)3/h9-11,15H,4-8H2,1-3H3. The second-order valence-corrected chi connectivity index (χ2v) is 6.00.